The third-order valence-electron chi connectivity index (χ3n) is 10.8. The van der Waals surface area contributed by atoms with Gasteiger partial charge < -0.3 is 30.0 Å². The molecule has 3 N–H and O–H groups in total. The molecule has 3 atom stereocenters. The maximum absolute atomic E-state index is 14.6. The van der Waals surface area contributed by atoms with Gasteiger partial charge in [-0.25, -0.2) is 22.6 Å². The van der Waals surface area contributed by atoms with Gasteiger partial charge in [0.25, 0.3) is 10.0 Å². The molecule has 326 valence electrons. The highest BCUT2D eigenvalue weighted by Gasteiger charge is 2.43. The summed E-state index contributed by atoms with van der Waals surface area (Å²) in [5, 5.41) is 17.3. The number of halogens is 3. The third kappa shape index (κ3) is 9.77. The highest BCUT2D eigenvalue weighted by Crippen LogP contribution is 2.42. The molecule has 0 saturated carbocycles. The van der Waals surface area contributed by atoms with Gasteiger partial charge in [-0.1, -0.05) is 89.1 Å². The predicted molar refractivity (Wildman–Crippen MR) is 239 cm³/mol. The number of carbonyl (C=O) groups excluding carboxylic acids is 1. The van der Waals surface area contributed by atoms with Crippen LogP contribution in [0.5, 0.6) is 17.2 Å². The molecule has 0 bridgehead atoms. The van der Waals surface area contributed by atoms with Crippen molar-refractivity contribution in [3.8, 4) is 28.4 Å². The standard InChI is InChI=1S/C46H41Cl2FN4O8S2/c1-3-50-46-51-26(2)45(62-46)63(57,58)53-23-33-22-41-40(60-25-42(61-41)31-11-15-35(16-12-31)59-24-28-6-17-36(47)37(48)18-28)21-32(33)20-39(53)43(54)52-38(44(55)56)19-27-4-7-29(8-5-27)30-9-13-34(49)14-10-30/h4-18,21-22,38-39,42H,3,19-20,23-25H2,1-2H3,(H,50,51)(H,52,54)(H,55,56)/t38-,39-,42?/m0/s1. The molecule has 3 heterocycles. The minimum Gasteiger partial charge on any atom is -0.489 e. The van der Waals surface area contributed by atoms with Crippen LogP contribution in [0.2, 0.25) is 10.0 Å². The Bertz CT molecular complexity index is 2770. The second-order valence-corrected chi connectivity index (χ2v) is 19.0. The molecule has 0 spiro atoms. The van der Waals surface area contributed by atoms with Gasteiger partial charge in [-0.15, -0.1) is 0 Å². The minimum absolute atomic E-state index is 0.0299. The van der Waals surface area contributed by atoms with E-state index in [1.54, 1.807) is 67.6 Å². The van der Waals surface area contributed by atoms with Crippen molar-refractivity contribution in [1.29, 1.82) is 0 Å². The molecule has 1 unspecified atom stereocenters. The van der Waals surface area contributed by atoms with Gasteiger partial charge in [0.15, 0.2) is 26.9 Å². The molecule has 0 radical (unpaired) electrons. The van der Waals surface area contributed by atoms with Crippen molar-refractivity contribution in [3.05, 3.63) is 153 Å². The number of anilines is 1. The van der Waals surface area contributed by atoms with Crippen molar-refractivity contribution >= 4 is 61.6 Å². The molecule has 0 aliphatic carbocycles. The summed E-state index contributed by atoms with van der Waals surface area (Å²) >= 11 is 13.1. The number of nitrogens with one attached hydrogen (secondary N) is 2. The predicted octanol–water partition coefficient (Wildman–Crippen LogP) is 9.02. The number of benzene rings is 5. The Morgan fingerprint density at radius 2 is 1.62 bits per heavy atom. The van der Waals surface area contributed by atoms with Crippen LogP contribution in [-0.4, -0.2) is 59.9 Å². The van der Waals surface area contributed by atoms with Gasteiger partial charge in [0.1, 0.15) is 36.9 Å². The first-order valence-corrected chi connectivity index (χ1v) is 23.0. The molecule has 17 heteroatoms. The van der Waals surface area contributed by atoms with Crippen LogP contribution < -0.4 is 24.8 Å². The fourth-order valence-corrected chi connectivity index (χ4v) is 11.0. The first-order chi connectivity index (χ1) is 30.2. The van der Waals surface area contributed by atoms with Crippen LogP contribution in [-0.2, 0) is 45.6 Å². The van der Waals surface area contributed by atoms with Crippen LogP contribution >= 0.6 is 34.5 Å². The summed E-state index contributed by atoms with van der Waals surface area (Å²) < 4.78 is 62.4. The lowest BCUT2D eigenvalue weighted by Crippen LogP contribution is -2.55. The van der Waals surface area contributed by atoms with Crippen molar-refractivity contribution in [3.63, 3.8) is 0 Å². The van der Waals surface area contributed by atoms with E-state index in [4.69, 9.17) is 37.4 Å². The Kier molecular flexibility index (Phi) is 12.9. The van der Waals surface area contributed by atoms with Crippen LogP contribution in [0.15, 0.2) is 107 Å². The van der Waals surface area contributed by atoms with Gasteiger partial charge in [0, 0.05) is 19.5 Å². The zero-order valence-electron chi connectivity index (χ0n) is 33.9. The molecule has 0 fully saturated rings. The van der Waals surface area contributed by atoms with Crippen LogP contribution in [0.1, 0.15) is 46.5 Å². The number of carboxylic acid groups (broad SMARTS) is 1. The fourth-order valence-electron chi connectivity index (χ4n) is 7.48. The number of aromatic nitrogens is 1. The number of hydrogen-bond donors (Lipinski definition) is 3. The monoisotopic (exact) mass is 930 g/mol. The molecule has 8 rings (SSSR count). The highest BCUT2D eigenvalue weighted by atomic mass is 35.5. The summed E-state index contributed by atoms with van der Waals surface area (Å²) in [7, 11) is -4.36. The van der Waals surface area contributed by atoms with Gasteiger partial charge in [0.05, 0.1) is 15.7 Å². The average molecular weight is 932 g/mol. The Morgan fingerprint density at radius 1 is 0.937 bits per heavy atom. The van der Waals surface area contributed by atoms with E-state index >= 15 is 0 Å². The smallest absolute Gasteiger partial charge is 0.326 e. The van der Waals surface area contributed by atoms with Crippen LogP contribution in [0.3, 0.4) is 0 Å². The van der Waals surface area contributed by atoms with Crippen LogP contribution in [0.25, 0.3) is 11.1 Å². The molecular weight excluding hydrogens is 891 g/mol. The number of thiazole rings is 1. The quantitative estimate of drug-likeness (QED) is 0.0964. The first-order valence-electron chi connectivity index (χ1n) is 20.0. The van der Waals surface area contributed by atoms with E-state index < -0.39 is 40.1 Å². The van der Waals surface area contributed by atoms with Gasteiger partial charge >= 0.3 is 5.97 Å². The number of sulfonamides is 1. The molecule has 12 nitrogen and oxygen atoms in total. The maximum atomic E-state index is 14.6. The van der Waals surface area contributed by atoms with Crippen molar-refractivity contribution in [2.24, 2.45) is 0 Å². The Morgan fingerprint density at radius 3 is 2.30 bits per heavy atom. The number of amides is 1. The summed E-state index contributed by atoms with van der Waals surface area (Å²) in [6, 6.07) is 26.6. The normalized spacial score (nSPS) is 16.5. The van der Waals surface area contributed by atoms with Crippen LogP contribution in [0.4, 0.5) is 9.52 Å². The Labute approximate surface area is 377 Å². The average Bonchev–Trinajstić information content (AvgIpc) is 3.66. The van der Waals surface area contributed by atoms with Crippen molar-refractivity contribution in [2.45, 2.75) is 62.2 Å². The molecule has 2 aliphatic heterocycles. The summed E-state index contributed by atoms with van der Waals surface area (Å²) in [5.74, 6) is -0.939. The molecule has 1 amide bonds. The van der Waals surface area contributed by atoms with Gasteiger partial charge in [0.2, 0.25) is 5.91 Å². The van der Waals surface area contributed by atoms with E-state index in [1.165, 1.54) is 12.1 Å². The Balaban J connectivity index is 1.02. The van der Waals surface area contributed by atoms with E-state index in [1.807, 2.05) is 37.3 Å². The van der Waals surface area contributed by atoms with E-state index in [-0.39, 0.29) is 41.7 Å². The zero-order valence-corrected chi connectivity index (χ0v) is 37.1. The number of ether oxygens (including phenoxy) is 3. The SMILES string of the molecule is CCNc1nc(C)c(S(=O)(=O)N2Cc3cc4c(cc3C[C@H]2C(=O)N[C@@H](Cc2ccc(-c3ccc(F)cc3)cc2)C(=O)O)OCC(c2ccc(OCc3ccc(Cl)c(Cl)c3)cc2)O4)s1. The summed E-state index contributed by atoms with van der Waals surface area (Å²) in [4.78, 5) is 31.3. The number of aliphatic carboxylic acids is 1. The second-order valence-electron chi connectivity index (χ2n) is 15.1. The van der Waals surface area contributed by atoms with E-state index in [9.17, 15) is 27.5 Å². The molecule has 5 aromatic carbocycles. The lowest BCUT2D eigenvalue weighted by atomic mass is 9.94. The third-order valence-corrected chi connectivity index (χ3v) is 15.1. The highest BCUT2D eigenvalue weighted by molar-refractivity contribution is 7.91. The number of carbonyl (C=O) groups is 2. The van der Waals surface area contributed by atoms with Crippen molar-refractivity contribution < 1.29 is 41.7 Å². The number of rotatable bonds is 14. The maximum Gasteiger partial charge on any atom is 0.326 e. The minimum atomic E-state index is -4.36. The fraction of sp³-hybridized carbons (Fsp3) is 0.239. The zero-order chi connectivity index (χ0) is 44.4. The van der Waals surface area contributed by atoms with E-state index in [0.717, 1.165) is 37.9 Å². The second kappa shape index (κ2) is 18.6. The van der Waals surface area contributed by atoms with Crippen molar-refractivity contribution in [2.75, 3.05) is 18.5 Å². The largest absolute Gasteiger partial charge is 0.489 e. The van der Waals surface area contributed by atoms with E-state index in [2.05, 4.69) is 15.6 Å². The number of hydrogen-bond acceptors (Lipinski definition) is 10. The van der Waals surface area contributed by atoms with Gasteiger partial charge in [-0.3, -0.25) is 4.79 Å². The number of nitrogens with zero attached hydrogens (tertiary/aromatic N) is 2. The molecule has 63 heavy (non-hydrogen) atoms. The molecular formula is C46H41Cl2FN4O8S2. The molecule has 2 aliphatic rings. The van der Waals surface area contributed by atoms with E-state index in [0.29, 0.717) is 62.3 Å². The molecule has 1 aromatic heterocycles. The summed E-state index contributed by atoms with van der Waals surface area (Å²) in [6.07, 6.45) is -0.631. The first kappa shape index (κ1) is 43.9. The lowest BCUT2D eigenvalue weighted by Gasteiger charge is -2.36. The number of fused-ring (bicyclic) bond motifs is 2. The number of aryl methyl sites for hydroxylation is 1. The molecule has 6 aromatic rings. The lowest BCUT2D eigenvalue weighted by molar-refractivity contribution is -0.142. The summed E-state index contributed by atoms with van der Waals surface area (Å²) in [5.41, 5.74) is 5.42. The van der Waals surface area contributed by atoms with Gasteiger partial charge in [-0.2, -0.15) is 4.31 Å². The van der Waals surface area contributed by atoms with Crippen LogP contribution in [0, 0.1) is 12.7 Å². The Hall–Kier alpha value is -5.71. The molecule has 0 saturated heterocycles. The summed E-state index contributed by atoms with van der Waals surface area (Å²) in [6.45, 7) is 4.25. The topological polar surface area (TPSA) is 156 Å². The van der Waals surface area contributed by atoms with Crippen molar-refractivity contribution in [1.82, 2.24) is 14.6 Å². The number of carboxylic acids is 1. The van der Waals surface area contributed by atoms with Gasteiger partial charge in [-0.05, 0) is 108 Å².